The van der Waals surface area contributed by atoms with Gasteiger partial charge in [0.2, 0.25) is 5.91 Å². The fourth-order valence-electron chi connectivity index (χ4n) is 4.97. The highest BCUT2D eigenvalue weighted by atomic mass is 32.1. The van der Waals surface area contributed by atoms with Crippen LogP contribution in [0.3, 0.4) is 0 Å². The Hall–Kier alpha value is -4.24. The number of amides is 2. The van der Waals surface area contributed by atoms with Gasteiger partial charge < -0.3 is 19.9 Å². The van der Waals surface area contributed by atoms with Crippen molar-refractivity contribution in [3.63, 3.8) is 0 Å². The van der Waals surface area contributed by atoms with Gasteiger partial charge in [0, 0.05) is 45.2 Å². The van der Waals surface area contributed by atoms with Gasteiger partial charge in [-0.25, -0.2) is 9.18 Å². The Labute approximate surface area is 229 Å². The molecule has 0 spiro atoms. The van der Waals surface area contributed by atoms with Gasteiger partial charge in [0.1, 0.15) is 5.82 Å². The highest BCUT2D eigenvalue weighted by molar-refractivity contribution is 7.10. The molecule has 0 atom stereocenters. The van der Waals surface area contributed by atoms with Crippen LogP contribution >= 0.6 is 11.3 Å². The van der Waals surface area contributed by atoms with Gasteiger partial charge in [-0.05, 0) is 66.4 Å². The number of halogens is 1. The lowest BCUT2D eigenvalue weighted by Gasteiger charge is -2.29. The summed E-state index contributed by atoms with van der Waals surface area (Å²) in [5, 5.41) is 5.74. The number of thiophene rings is 1. The molecular weight excluding hydrogens is 517 g/mol. The molecule has 0 saturated carbocycles. The van der Waals surface area contributed by atoms with Gasteiger partial charge in [-0.1, -0.05) is 19.9 Å². The first kappa shape index (κ1) is 26.4. The van der Waals surface area contributed by atoms with E-state index in [1.54, 1.807) is 6.92 Å². The van der Waals surface area contributed by atoms with Gasteiger partial charge in [0.05, 0.1) is 24.3 Å². The zero-order chi connectivity index (χ0) is 27.7. The highest BCUT2D eigenvalue weighted by Crippen LogP contribution is 2.41. The van der Waals surface area contributed by atoms with E-state index in [2.05, 4.69) is 10.3 Å². The predicted octanol–water partition coefficient (Wildman–Crippen LogP) is 5.89. The van der Waals surface area contributed by atoms with Crippen LogP contribution in [0.1, 0.15) is 47.3 Å². The van der Waals surface area contributed by atoms with E-state index in [0.29, 0.717) is 16.9 Å². The summed E-state index contributed by atoms with van der Waals surface area (Å²) in [6.07, 6.45) is 1.79. The predicted molar refractivity (Wildman–Crippen MR) is 150 cm³/mol. The maximum atomic E-state index is 13.5. The number of aromatic nitrogens is 1. The summed E-state index contributed by atoms with van der Waals surface area (Å²) in [6.45, 7) is 6.13. The minimum atomic E-state index is -0.617. The number of H-pyrrole nitrogens is 1. The van der Waals surface area contributed by atoms with E-state index >= 15 is 0 Å². The minimum absolute atomic E-state index is 0.124. The van der Waals surface area contributed by atoms with E-state index in [9.17, 15) is 18.8 Å². The average Bonchev–Trinajstić information content (AvgIpc) is 3.51. The summed E-state index contributed by atoms with van der Waals surface area (Å²) >= 11 is 1.53. The zero-order valence-electron chi connectivity index (χ0n) is 21.8. The number of carbonyl (C=O) groups is 3. The topological polar surface area (TPSA) is 91.5 Å². The third-order valence-corrected chi connectivity index (χ3v) is 7.52. The van der Waals surface area contributed by atoms with Crippen molar-refractivity contribution in [2.24, 2.45) is 0 Å². The van der Waals surface area contributed by atoms with E-state index in [4.69, 9.17) is 4.74 Å². The fourth-order valence-corrected chi connectivity index (χ4v) is 5.68. The standard InChI is InChI=1S/C30H28FN3O4S/c1-4-38-29(37)23-16-34(28(36)18-7-9-19(31)10-8-18)17-30(2,3)26-22-14-20(11-12-24(22)33-27(23)26)32-25(35)15-21-6-5-13-39-21/h5-14,16,33H,4,15,17H2,1-3H3,(H,32,35). The lowest BCUT2D eigenvalue weighted by molar-refractivity contribution is -0.136. The third kappa shape index (κ3) is 5.35. The number of fused-ring (bicyclic) bond motifs is 3. The molecule has 2 aromatic carbocycles. The molecule has 0 saturated heterocycles. The smallest absolute Gasteiger partial charge is 0.341 e. The molecule has 2 aromatic heterocycles. The lowest BCUT2D eigenvalue weighted by atomic mass is 9.81. The Kier molecular flexibility index (Phi) is 7.10. The Morgan fingerprint density at radius 3 is 2.59 bits per heavy atom. The van der Waals surface area contributed by atoms with E-state index < -0.39 is 17.2 Å². The molecule has 0 fully saturated rings. The van der Waals surface area contributed by atoms with Crippen LogP contribution in [0.25, 0.3) is 16.5 Å². The van der Waals surface area contributed by atoms with Crippen molar-refractivity contribution in [1.29, 1.82) is 0 Å². The number of aromatic amines is 1. The number of esters is 1. The van der Waals surface area contributed by atoms with Crippen molar-refractivity contribution >= 4 is 51.3 Å². The second kappa shape index (κ2) is 10.5. The molecule has 4 aromatic rings. The molecule has 0 unspecified atom stereocenters. The number of nitrogens with one attached hydrogen (secondary N) is 2. The van der Waals surface area contributed by atoms with Gasteiger partial charge in [0.25, 0.3) is 5.91 Å². The summed E-state index contributed by atoms with van der Waals surface area (Å²) in [7, 11) is 0. The van der Waals surface area contributed by atoms with Gasteiger partial charge in [0.15, 0.2) is 0 Å². The molecular formula is C30H28FN3O4S. The molecule has 2 N–H and O–H groups in total. The van der Waals surface area contributed by atoms with Crippen LogP contribution in [0.5, 0.6) is 0 Å². The maximum Gasteiger partial charge on any atom is 0.341 e. The Morgan fingerprint density at radius 1 is 1.13 bits per heavy atom. The van der Waals surface area contributed by atoms with Gasteiger partial charge in [-0.3, -0.25) is 9.59 Å². The minimum Gasteiger partial charge on any atom is -0.462 e. The van der Waals surface area contributed by atoms with Crippen molar-refractivity contribution < 1.29 is 23.5 Å². The SMILES string of the molecule is CCOC(=O)C1=CN(C(=O)c2ccc(F)cc2)CC(C)(C)c2c1[nH]c1ccc(NC(=O)Cc3cccs3)cc21. The van der Waals surface area contributed by atoms with Gasteiger partial charge in [-0.15, -0.1) is 11.3 Å². The van der Waals surface area contributed by atoms with Crippen LogP contribution in [0.2, 0.25) is 0 Å². The molecule has 7 nitrogen and oxygen atoms in total. The van der Waals surface area contributed by atoms with Crippen LogP contribution in [0.4, 0.5) is 10.1 Å². The van der Waals surface area contributed by atoms with Gasteiger partial charge in [-0.2, -0.15) is 0 Å². The molecule has 0 aliphatic carbocycles. The van der Waals surface area contributed by atoms with E-state index in [-0.39, 0.29) is 37.0 Å². The molecule has 3 heterocycles. The number of ether oxygens (including phenoxy) is 1. The number of benzene rings is 2. The van der Waals surface area contributed by atoms with Crippen LogP contribution in [0, 0.1) is 5.82 Å². The molecule has 9 heteroatoms. The van der Waals surface area contributed by atoms with E-state index in [0.717, 1.165) is 21.3 Å². The first-order valence-electron chi connectivity index (χ1n) is 12.6. The van der Waals surface area contributed by atoms with Crippen molar-refractivity contribution in [3.8, 4) is 0 Å². The summed E-state index contributed by atoms with van der Waals surface area (Å²) in [6, 6.07) is 14.7. The monoisotopic (exact) mass is 545 g/mol. The van der Waals surface area contributed by atoms with E-state index in [1.165, 1.54) is 46.7 Å². The highest BCUT2D eigenvalue weighted by Gasteiger charge is 2.37. The lowest BCUT2D eigenvalue weighted by Crippen LogP contribution is -2.37. The number of hydrogen-bond acceptors (Lipinski definition) is 5. The van der Waals surface area contributed by atoms with Crippen molar-refractivity contribution in [3.05, 3.63) is 93.7 Å². The molecule has 1 aliphatic rings. The second-order valence-electron chi connectivity index (χ2n) is 10.0. The summed E-state index contributed by atoms with van der Waals surface area (Å²) in [5.41, 5.74) is 2.72. The molecule has 0 radical (unpaired) electrons. The first-order chi connectivity index (χ1) is 18.7. The van der Waals surface area contributed by atoms with Crippen LogP contribution < -0.4 is 5.32 Å². The molecule has 0 bridgehead atoms. The first-order valence-corrected chi connectivity index (χ1v) is 13.5. The number of carbonyl (C=O) groups excluding carboxylic acids is 3. The van der Waals surface area contributed by atoms with Crippen molar-refractivity contribution in [2.75, 3.05) is 18.5 Å². The van der Waals surface area contributed by atoms with E-state index in [1.807, 2.05) is 49.6 Å². The summed E-state index contributed by atoms with van der Waals surface area (Å²) in [5.74, 6) is -1.49. The van der Waals surface area contributed by atoms with Gasteiger partial charge >= 0.3 is 5.97 Å². The van der Waals surface area contributed by atoms with Crippen molar-refractivity contribution in [1.82, 2.24) is 9.88 Å². The average molecular weight is 546 g/mol. The molecule has 2 amide bonds. The zero-order valence-corrected chi connectivity index (χ0v) is 22.7. The number of nitrogens with zero attached hydrogens (tertiary/aromatic N) is 1. The quantitative estimate of drug-likeness (QED) is 0.296. The Morgan fingerprint density at radius 2 is 1.90 bits per heavy atom. The molecule has 5 rings (SSSR count). The van der Waals surface area contributed by atoms with Crippen LogP contribution in [-0.4, -0.2) is 40.8 Å². The summed E-state index contributed by atoms with van der Waals surface area (Å²) in [4.78, 5) is 45.1. The third-order valence-electron chi connectivity index (χ3n) is 6.64. The number of rotatable bonds is 6. The number of anilines is 1. The Balaban J connectivity index is 1.56. The Bertz CT molecular complexity index is 1590. The fraction of sp³-hybridized carbons (Fsp3) is 0.233. The van der Waals surface area contributed by atoms with Crippen LogP contribution in [-0.2, 0) is 26.2 Å². The van der Waals surface area contributed by atoms with Crippen LogP contribution in [0.15, 0.2) is 66.2 Å². The normalized spacial score (nSPS) is 14.4. The van der Waals surface area contributed by atoms with Crippen molar-refractivity contribution in [2.45, 2.75) is 32.6 Å². The largest absolute Gasteiger partial charge is 0.462 e. The maximum absolute atomic E-state index is 13.5. The molecule has 39 heavy (non-hydrogen) atoms. The number of hydrogen-bond donors (Lipinski definition) is 2. The summed E-state index contributed by atoms with van der Waals surface area (Å²) < 4.78 is 18.9. The molecule has 200 valence electrons. The molecule has 1 aliphatic heterocycles. The second-order valence-corrected chi connectivity index (χ2v) is 11.1.